The van der Waals surface area contributed by atoms with Gasteiger partial charge in [0.1, 0.15) is 5.01 Å². The number of hydrogen-bond donors (Lipinski definition) is 0. The zero-order chi connectivity index (χ0) is 17.0. The van der Waals surface area contributed by atoms with Gasteiger partial charge in [-0.25, -0.2) is 9.78 Å². The Morgan fingerprint density at radius 1 is 1.35 bits per heavy atom. The maximum Gasteiger partial charge on any atom is 0.357 e. The van der Waals surface area contributed by atoms with Crippen molar-refractivity contribution >= 4 is 23.1 Å². The molecule has 1 aromatic heterocycles. The van der Waals surface area contributed by atoms with Crippen LogP contribution >= 0.6 is 11.3 Å². The molecule has 0 amide bonds. The minimum atomic E-state index is -1.02. The van der Waals surface area contributed by atoms with E-state index in [2.05, 4.69) is 4.98 Å². The number of aryl methyl sites for hydroxylation is 2. The molecule has 0 spiro atoms. The van der Waals surface area contributed by atoms with E-state index in [1.807, 2.05) is 26.0 Å². The fourth-order valence-corrected chi connectivity index (χ4v) is 2.83. The van der Waals surface area contributed by atoms with Crippen molar-refractivity contribution in [1.82, 2.24) is 4.98 Å². The molecule has 0 aliphatic rings. The van der Waals surface area contributed by atoms with Gasteiger partial charge in [0.2, 0.25) is 0 Å². The first kappa shape index (κ1) is 16.8. The number of carbonyl (C=O) groups excluding carboxylic acids is 2. The van der Waals surface area contributed by atoms with E-state index in [4.69, 9.17) is 4.74 Å². The Labute approximate surface area is 138 Å². The smallest absolute Gasteiger partial charge is 0.357 e. The third kappa shape index (κ3) is 3.63. The van der Waals surface area contributed by atoms with Crippen molar-refractivity contribution in [2.24, 2.45) is 0 Å². The largest absolute Gasteiger partial charge is 0.461 e. The van der Waals surface area contributed by atoms with Crippen LogP contribution in [0.4, 0.5) is 0 Å². The topological polar surface area (TPSA) is 80.0 Å². The van der Waals surface area contributed by atoms with Crippen molar-refractivity contribution in [1.29, 1.82) is 5.26 Å². The van der Waals surface area contributed by atoms with E-state index in [1.54, 1.807) is 19.1 Å². The normalized spacial score (nSPS) is 11.6. The standard InChI is InChI=1S/C17H16N2O3S/c1-4-22-17(21)14-9-23-16(19-14)13(8-18)15(20)12-6-5-10(2)11(3)7-12/h5-7,9,13H,4H2,1-3H3. The fraction of sp³-hybridized carbons (Fsp3) is 0.294. The average molecular weight is 328 g/mol. The Bertz CT molecular complexity index is 789. The molecule has 5 nitrogen and oxygen atoms in total. The molecule has 1 aromatic carbocycles. The monoisotopic (exact) mass is 328 g/mol. The number of nitriles is 1. The van der Waals surface area contributed by atoms with E-state index in [0.29, 0.717) is 10.6 Å². The van der Waals surface area contributed by atoms with Gasteiger partial charge in [0.05, 0.1) is 12.7 Å². The van der Waals surface area contributed by atoms with Gasteiger partial charge in [0.25, 0.3) is 0 Å². The van der Waals surface area contributed by atoms with Gasteiger partial charge in [-0.1, -0.05) is 12.1 Å². The number of Topliss-reactive ketones (excluding diaryl/α,β-unsaturated/α-hetero) is 1. The van der Waals surface area contributed by atoms with Gasteiger partial charge in [-0.05, 0) is 38.0 Å². The van der Waals surface area contributed by atoms with Crippen LogP contribution in [0.25, 0.3) is 0 Å². The maximum absolute atomic E-state index is 12.6. The minimum Gasteiger partial charge on any atom is -0.461 e. The maximum atomic E-state index is 12.6. The lowest BCUT2D eigenvalue weighted by atomic mass is 9.96. The lowest BCUT2D eigenvalue weighted by Gasteiger charge is -2.07. The summed E-state index contributed by atoms with van der Waals surface area (Å²) in [6.07, 6.45) is 0. The molecule has 1 unspecified atom stereocenters. The molecule has 0 saturated heterocycles. The summed E-state index contributed by atoms with van der Waals surface area (Å²) in [6.45, 7) is 5.81. The minimum absolute atomic E-state index is 0.125. The summed E-state index contributed by atoms with van der Waals surface area (Å²) in [5, 5.41) is 11.2. The van der Waals surface area contributed by atoms with Crippen molar-refractivity contribution in [3.8, 4) is 6.07 Å². The molecule has 23 heavy (non-hydrogen) atoms. The van der Waals surface area contributed by atoms with Crippen LogP contribution < -0.4 is 0 Å². The predicted molar refractivity (Wildman–Crippen MR) is 86.7 cm³/mol. The van der Waals surface area contributed by atoms with Crippen LogP contribution in [-0.4, -0.2) is 23.3 Å². The molecule has 1 heterocycles. The van der Waals surface area contributed by atoms with Crippen LogP contribution in [0.3, 0.4) is 0 Å². The summed E-state index contributed by atoms with van der Waals surface area (Å²) in [5.41, 5.74) is 2.65. The number of benzene rings is 1. The molecular weight excluding hydrogens is 312 g/mol. The summed E-state index contributed by atoms with van der Waals surface area (Å²) < 4.78 is 4.87. The Hall–Kier alpha value is -2.52. The van der Waals surface area contributed by atoms with Crippen LogP contribution in [0.15, 0.2) is 23.6 Å². The molecular formula is C17H16N2O3S. The van der Waals surface area contributed by atoms with Crippen LogP contribution in [-0.2, 0) is 4.74 Å². The van der Waals surface area contributed by atoms with Crippen molar-refractivity contribution < 1.29 is 14.3 Å². The number of nitrogens with zero attached hydrogens (tertiary/aromatic N) is 2. The highest BCUT2D eigenvalue weighted by atomic mass is 32.1. The molecule has 0 saturated carbocycles. The third-order valence-corrected chi connectivity index (χ3v) is 4.35. The molecule has 118 valence electrons. The summed E-state index contributed by atoms with van der Waals surface area (Å²) >= 11 is 1.11. The van der Waals surface area contributed by atoms with Crippen LogP contribution in [0.5, 0.6) is 0 Å². The van der Waals surface area contributed by atoms with E-state index in [1.165, 1.54) is 5.38 Å². The highest BCUT2D eigenvalue weighted by molar-refractivity contribution is 7.10. The van der Waals surface area contributed by atoms with Crippen molar-refractivity contribution in [2.75, 3.05) is 6.61 Å². The first-order valence-electron chi connectivity index (χ1n) is 7.11. The van der Waals surface area contributed by atoms with E-state index in [9.17, 15) is 14.9 Å². The van der Waals surface area contributed by atoms with Gasteiger partial charge in [0, 0.05) is 10.9 Å². The summed E-state index contributed by atoms with van der Waals surface area (Å²) in [7, 11) is 0. The summed E-state index contributed by atoms with van der Waals surface area (Å²) in [4.78, 5) is 28.3. The van der Waals surface area contributed by atoms with Crippen molar-refractivity contribution in [3.05, 3.63) is 51.0 Å². The number of ketones is 1. The van der Waals surface area contributed by atoms with Crippen LogP contribution in [0, 0.1) is 25.2 Å². The molecule has 0 aliphatic carbocycles. The zero-order valence-electron chi connectivity index (χ0n) is 13.1. The molecule has 0 aliphatic heterocycles. The first-order chi connectivity index (χ1) is 11.0. The van der Waals surface area contributed by atoms with Gasteiger partial charge in [-0.3, -0.25) is 4.79 Å². The lowest BCUT2D eigenvalue weighted by Crippen LogP contribution is -2.12. The summed E-state index contributed by atoms with van der Waals surface area (Å²) in [5.74, 6) is -1.89. The molecule has 0 N–H and O–H groups in total. The van der Waals surface area contributed by atoms with Crippen LogP contribution in [0.1, 0.15) is 49.8 Å². The molecule has 0 fully saturated rings. The Morgan fingerprint density at radius 2 is 2.09 bits per heavy atom. The zero-order valence-corrected chi connectivity index (χ0v) is 13.9. The molecule has 6 heteroatoms. The number of thiazole rings is 1. The molecule has 2 rings (SSSR count). The number of ether oxygens (including phenoxy) is 1. The Kier molecular flexibility index (Phi) is 5.24. The van der Waals surface area contributed by atoms with E-state index in [0.717, 1.165) is 22.5 Å². The Morgan fingerprint density at radius 3 is 2.70 bits per heavy atom. The number of carbonyl (C=O) groups is 2. The first-order valence-corrected chi connectivity index (χ1v) is 7.99. The van der Waals surface area contributed by atoms with Crippen molar-refractivity contribution in [2.45, 2.75) is 26.7 Å². The average Bonchev–Trinajstić information content (AvgIpc) is 3.00. The second kappa shape index (κ2) is 7.16. The highest BCUT2D eigenvalue weighted by Crippen LogP contribution is 2.25. The van der Waals surface area contributed by atoms with Crippen molar-refractivity contribution in [3.63, 3.8) is 0 Å². The lowest BCUT2D eigenvalue weighted by molar-refractivity contribution is 0.0519. The highest BCUT2D eigenvalue weighted by Gasteiger charge is 2.26. The quantitative estimate of drug-likeness (QED) is 0.620. The van der Waals surface area contributed by atoms with Gasteiger partial charge in [-0.2, -0.15) is 5.26 Å². The molecule has 0 bridgehead atoms. The number of esters is 1. The third-order valence-electron chi connectivity index (χ3n) is 3.44. The number of rotatable bonds is 5. The molecule has 1 atom stereocenters. The molecule has 0 radical (unpaired) electrons. The molecule has 2 aromatic rings. The van der Waals surface area contributed by atoms with Gasteiger partial charge >= 0.3 is 5.97 Å². The van der Waals surface area contributed by atoms with E-state index in [-0.39, 0.29) is 18.1 Å². The predicted octanol–water partition coefficient (Wildman–Crippen LogP) is 3.43. The number of aromatic nitrogens is 1. The second-order valence-electron chi connectivity index (χ2n) is 5.02. The van der Waals surface area contributed by atoms with E-state index < -0.39 is 11.9 Å². The summed E-state index contributed by atoms with van der Waals surface area (Å²) in [6, 6.07) is 7.30. The Balaban J connectivity index is 2.29. The van der Waals surface area contributed by atoms with Gasteiger partial charge < -0.3 is 4.74 Å². The van der Waals surface area contributed by atoms with Gasteiger partial charge in [-0.15, -0.1) is 11.3 Å². The van der Waals surface area contributed by atoms with E-state index >= 15 is 0 Å². The SMILES string of the molecule is CCOC(=O)c1csc(C(C#N)C(=O)c2ccc(C)c(C)c2)n1. The van der Waals surface area contributed by atoms with Crippen LogP contribution in [0.2, 0.25) is 0 Å². The van der Waals surface area contributed by atoms with Gasteiger partial charge in [0.15, 0.2) is 17.4 Å². The fourth-order valence-electron chi connectivity index (χ4n) is 2.01. The number of hydrogen-bond acceptors (Lipinski definition) is 6. The second-order valence-corrected chi connectivity index (χ2v) is 5.91.